The average molecular weight is 286 g/mol. The van der Waals surface area contributed by atoms with Crippen LogP contribution in [0, 0.1) is 16.7 Å². The lowest BCUT2D eigenvalue weighted by Crippen LogP contribution is -2.31. The standard InChI is InChI=1S/C14H18N6O/c1-3-20(4-2)14(21)10-7-5-6-8-11(10)18-19-12(9-15)13(16)17/h5-8,18H,3-4H2,1-2H3,(H3,16,17)/b19-12+. The monoisotopic (exact) mass is 286 g/mol. The molecule has 1 amide bonds. The van der Waals surface area contributed by atoms with Crippen LogP contribution in [0.2, 0.25) is 0 Å². The van der Waals surface area contributed by atoms with Crippen molar-refractivity contribution in [2.75, 3.05) is 18.5 Å². The number of carbonyl (C=O) groups excluding carboxylic acids is 1. The Morgan fingerprint density at radius 2 is 2.05 bits per heavy atom. The first-order valence-corrected chi connectivity index (χ1v) is 6.51. The van der Waals surface area contributed by atoms with Gasteiger partial charge in [-0.05, 0) is 26.0 Å². The number of nitriles is 1. The second kappa shape index (κ2) is 7.65. The number of hydrazone groups is 1. The molecule has 1 aromatic rings. The Morgan fingerprint density at radius 3 is 2.57 bits per heavy atom. The van der Waals surface area contributed by atoms with Crippen LogP contribution in [-0.4, -0.2) is 35.4 Å². The van der Waals surface area contributed by atoms with Crippen molar-refractivity contribution in [1.82, 2.24) is 4.90 Å². The van der Waals surface area contributed by atoms with Gasteiger partial charge in [0.15, 0.2) is 5.84 Å². The molecule has 7 nitrogen and oxygen atoms in total. The minimum absolute atomic E-state index is 0.125. The fourth-order valence-corrected chi connectivity index (χ4v) is 1.71. The van der Waals surface area contributed by atoms with Gasteiger partial charge in [-0.3, -0.25) is 15.6 Å². The van der Waals surface area contributed by atoms with Gasteiger partial charge in [0.25, 0.3) is 5.91 Å². The van der Waals surface area contributed by atoms with Crippen LogP contribution in [0.25, 0.3) is 0 Å². The average Bonchev–Trinajstić information content (AvgIpc) is 2.49. The van der Waals surface area contributed by atoms with Gasteiger partial charge in [-0.15, -0.1) is 0 Å². The maximum Gasteiger partial charge on any atom is 0.256 e. The van der Waals surface area contributed by atoms with Gasteiger partial charge in [0.05, 0.1) is 11.3 Å². The second-order valence-corrected chi connectivity index (χ2v) is 4.12. The number of rotatable bonds is 6. The van der Waals surface area contributed by atoms with Crippen molar-refractivity contribution < 1.29 is 4.79 Å². The summed E-state index contributed by atoms with van der Waals surface area (Å²) in [5.74, 6) is -0.558. The lowest BCUT2D eigenvalue weighted by atomic mass is 10.1. The predicted octanol–water partition coefficient (Wildman–Crippen LogP) is 1.40. The largest absolute Gasteiger partial charge is 0.382 e. The maximum absolute atomic E-state index is 12.4. The molecule has 0 heterocycles. The highest BCUT2D eigenvalue weighted by molar-refractivity contribution is 6.45. The highest BCUT2D eigenvalue weighted by Gasteiger charge is 2.16. The van der Waals surface area contributed by atoms with E-state index in [2.05, 4.69) is 10.5 Å². The number of nitrogens with one attached hydrogen (secondary N) is 2. The number of benzene rings is 1. The molecule has 0 saturated carbocycles. The number of para-hydroxylation sites is 1. The van der Waals surface area contributed by atoms with Crippen LogP contribution in [0.4, 0.5) is 5.69 Å². The van der Waals surface area contributed by atoms with E-state index in [9.17, 15) is 4.79 Å². The van der Waals surface area contributed by atoms with Crippen LogP contribution < -0.4 is 11.2 Å². The Morgan fingerprint density at radius 1 is 1.43 bits per heavy atom. The summed E-state index contributed by atoms with van der Waals surface area (Å²) in [4.78, 5) is 14.1. The number of hydrogen-bond donors (Lipinski definition) is 3. The number of carbonyl (C=O) groups is 1. The number of anilines is 1. The lowest BCUT2D eigenvalue weighted by Gasteiger charge is -2.20. The lowest BCUT2D eigenvalue weighted by molar-refractivity contribution is 0.0774. The molecule has 21 heavy (non-hydrogen) atoms. The zero-order valence-corrected chi connectivity index (χ0v) is 12.1. The van der Waals surface area contributed by atoms with Crippen molar-refractivity contribution >= 4 is 23.1 Å². The quantitative estimate of drug-likeness (QED) is 0.416. The van der Waals surface area contributed by atoms with Gasteiger partial charge in [0.2, 0.25) is 5.71 Å². The van der Waals surface area contributed by atoms with E-state index >= 15 is 0 Å². The zero-order chi connectivity index (χ0) is 15.8. The third kappa shape index (κ3) is 4.04. The summed E-state index contributed by atoms with van der Waals surface area (Å²) in [6.07, 6.45) is 0. The van der Waals surface area contributed by atoms with Crippen molar-refractivity contribution in [1.29, 1.82) is 10.7 Å². The fraction of sp³-hybridized carbons (Fsp3) is 0.286. The molecule has 0 atom stereocenters. The molecule has 0 bridgehead atoms. The van der Waals surface area contributed by atoms with Gasteiger partial charge >= 0.3 is 0 Å². The molecule has 0 aliphatic heterocycles. The number of hydrogen-bond acceptors (Lipinski definition) is 5. The minimum atomic E-state index is -0.433. The van der Waals surface area contributed by atoms with Gasteiger partial charge < -0.3 is 10.6 Å². The number of nitrogens with two attached hydrogens (primary N) is 1. The Labute approximate surface area is 123 Å². The van der Waals surface area contributed by atoms with Gasteiger partial charge in [0.1, 0.15) is 6.07 Å². The smallest absolute Gasteiger partial charge is 0.256 e. The number of nitrogens with zero attached hydrogens (tertiary/aromatic N) is 3. The molecule has 110 valence electrons. The summed E-state index contributed by atoms with van der Waals surface area (Å²) in [7, 11) is 0. The van der Waals surface area contributed by atoms with Gasteiger partial charge in [-0.2, -0.15) is 10.4 Å². The van der Waals surface area contributed by atoms with Gasteiger partial charge in [-0.1, -0.05) is 12.1 Å². The third-order valence-electron chi connectivity index (χ3n) is 2.86. The first kappa shape index (κ1) is 16.2. The summed E-state index contributed by atoms with van der Waals surface area (Å²) in [6, 6.07) is 8.56. The van der Waals surface area contributed by atoms with Crippen molar-refractivity contribution in [2.45, 2.75) is 13.8 Å². The van der Waals surface area contributed by atoms with E-state index in [1.165, 1.54) is 0 Å². The van der Waals surface area contributed by atoms with E-state index in [1.54, 1.807) is 35.2 Å². The van der Waals surface area contributed by atoms with Crippen LogP contribution in [-0.2, 0) is 0 Å². The molecule has 7 heteroatoms. The molecule has 0 saturated heterocycles. The van der Waals surface area contributed by atoms with Crippen LogP contribution in [0.1, 0.15) is 24.2 Å². The minimum Gasteiger partial charge on any atom is -0.382 e. The molecule has 1 rings (SSSR count). The molecule has 0 unspecified atom stereocenters. The van der Waals surface area contributed by atoms with E-state index in [0.29, 0.717) is 24.3 Å². The Balaban J connectivity index is 3.08. The third-order valence-corrected chi connectivity index (χ3v) is 2.86. The first-order valence-electron chi connectivity index (χ1n) is 6.51. The van der Waals surface area contributed by atoms with Crippen molar-refractivity contribution in [2.24, 2.45) is 10.8 Å². The summed E-state index contributed by atoms with van der Waals surface area (Å²) >= 11 is 0. The molecule has 0 aliphatic rings. The van der Waals surface area contributed by atoms with Gasteiger partial charge in [0, 0.05) is 13.1 Å². The van der Waals surface area contributed by atoms with Crippen molar-refractivity contribution in [3.63, 3.8) is 0 Å². The summed E-state index contributed by atoms with van der Waals surface area (Å²) in [5.41, 5.74) is 8.52. The molecular weight excluding hydrogens is 268 g/mol. The van der Waals surface area contributed by atoms with Crippen LogP contribution >= 0.6 is 0 Å². The summed E-state index contributed by atoms with van der Waals surface area (Å²) < 4.78 is 0. The van der Waals surface area contributed by atoms with E-state index in [4.69, 9.17) is 16.4 Å². The first-order chi connectivity index (χ1) is 10.0. The molecule has 0 spiro atoms. The number of amides is 1. The normalized spacial score (nSPS) is 10.6. The van der Waals surface area contributed by atoms with E-state index in [1.807, 2.05) is 13.8 Å². The Kier molecular flexibility index (Phi) is 5.89. The maximum atomic E-state index is 12.4. The van der Waals surface area contributed by atoms with E-state index in [-0.39, 0.29) is 11.6 Å². The predicted molar refractivity (Wildman–Crippen MR) is 82.3 cm³/mol. The molecule has 4 N–H and O–H groups in total. The molecule has 0 fully saturated rings. The molecule has 0 aliphatic carbocycles. The topological polar surface area (TPSA) is 118 Å². The zero-order valence-electron chi connectivity index (χ0n) is 12.1. The highest BCUT2D eigenvalue weighted by atomic mass is 16.2. The SMILES string of the molecule is CCN(CC)C(=O)c1ccccc1N/N=C(\C#N)C(=N)N. The Hall–Kier alpha value is -2.88. The van der Waals surface area contributed by atoms with E-state index < -0.39 is 5.84 Å². The molecule has 0 aromatic heterocycles. The summed E-state index contributed by atoms with van der Waals surface area (Å²) in [5, 5.41) is 19.7. The highest BCUT2D eigenvalue weighted by Crippen LogP contribution is 2.17. The van der Waals surface area contributed by atoms with Crippen LogP contribution in [0.15, 0.2) is 29.4 Å². The van der Waals surface area contributed by atoms with Crippen molar-refractivity contribution in [3.8, 4) is 6.07 Å². The van der Waals surface area contributed by atoms with Gasteiger partial charge in [-0.25, -0.2) is 0 Å². The molecular formula is C14H18N6O. The van der Waals surface area contributed by atoms with Crippen LogP contribution in [0.5, 0.6) is 0 Å². The molecule has 0 radical (unpaired) electrons. The fourth-order valence-electron chi connectivity index (χ4n) is 1.71. The van der Waals surface area contributed by atoms with Crippen LogP contribution in [0.3, 0.4) is 0 Å². The summed E-state index contributed by atoms with van der Waals surface area (Å²) in [6.45, 7) is 5.01. The van der Waals surface area contributed by atoms with E-state index in [0.717, 1.165) is 0 Å². The molecule has 1 aromatic carbocycles. The number of amidine groups is 1. The second-order valence-electron chi connectivity index (χ2n) is 4.12. The van der Waals surface area contributed by atoms with Crippen molar-refractivity contribution in [3.05, 3.63) is 29.8 Å². The Bertz CT molecular complexity index is 598.